The number of hydrogen-bond donors (Lipinski definition) is 0. The second kappa shape index (κ2) is 17.2. The van der Waals surface area contributed by atoms with E-state index in [0.717, 1.165) is 33.4 Å². The van der Waals surface area contributed by atoms with Crippen molar-refractivity contribution in [1.82, 2.24) is 0 Å². The van der Waals surface area contributed by atoms with Crippen LogP contribution >= 0.6 is 8.60 Å². The second-order valence-corrected chi connectivity index (χ2v) is 19.5. The fourth-order valence-electron chi connectivity index (χ4n) is 8.05. The molecular formula is C53H57O8P. The molecule has 0 radical (unpaired) electrons. The zero-order valence-corrected chi connectivity index (χ0v) is 38.5. The van der Waals surface area contributed by atoms with Crippen molar-refractivity contribution in [2.24, 2.45) is 0 Å². The Bertz CT molecular complexity index is 2320. The van der Waals surface area contributed by atoms with Gasteiger partial charge in [-0.15, -0.1) is 0 Å². The molecule has 0 aliphatic carbocycles. The summed E-state index contributed by atoms with van der Waals surface area (Å²) in [5.74, 6) is 1.91. The molecule has 1 heterocycles. The lowest BCUT2D eigenvalue weighted by Gasteiger charge is -2.43. The Balaban J connectivity index is 1.54. The van der Waals surface area contributed by atoms with Crippen LogP contribution in [-0.2, 0) is 35.8 Å². The van der Waals surface area contributed by atoms with Crippen LogP contribution in [-0.4, -0.2) is 26.0 Å². The average molecular weight is 853 g/mol. The molecule has 0 atom stereocenters. The number of methoxy groups -OCH3 is 2. The first kappa shape index (κ1) is 44.4. The Kier molecular flexibility index (Phi) is 12.3. The molecule has 1 fully saturated rings. The van der Waals surface area contributed by atoms with E-state index in [4.69, 9.17) is 32.5 Å². The lowest BCUT2D eigenvalue weighted by atomic mass is 9.66. The van der Waals surface area contributed by atoms with Gasteiger partial charge in [-0.05, 0) is 78.1 Å². The zero-order valence-electron chi connectivity index (χ0n) is 37.6. The molecule has 0 unspecified atom stereocenters. The molecule has 0 spiro atoms. The molecule has 0 bridgehead atoms. The molecule has 9 heteroatoms. The smallest absolute Gasteiger partial charge is 0.497 e. The molecule has 7 rings (SSSR count). The largest absolute Gasteiger partial charge is 0.514 e. The maximum atomic E-state index is 13.7. The van der Waals surface area contributed by atoms with Crippen molar-refractivity contribution in [2.45, 2.75) is 89.9 Å². The maximum absolute atomic E-state index is 13.7. The highest BCUT2D eigenvalue weighted by Crippen LogP contribution is 2.71. The van der Waals surface area contributed by atoms with Crippen LogP contribution < -0.4 is 18.7 Å². The highest BCUT2D eigenvalue weighted by atomic mass is 31.2. The molecule has 1 aliphatic heterocycles. The van der Waals surface area contributed by atoms with Crippen molar-refractivity contribution in [1.29, 1.82) is 0 Å². The van der Waals surface area contributed by atoms with Gasteiger partial charge in [0.15, 0.2) is 11.2 Å². The Hall–Kier alpha value is -5.66. The molecular weight excluding hydrogens is 796 g/mol. The first-order valence-corrected chi connectivity index (χ1v) is 22.0. The highest BCUT2D eigenvalue weighted by molar-refractivity contribution is 7.42. The fourth-order valence-corrected chi connectivity index (χ4v) is 9.63. The first-order valence-electron chi connectivity index (χ1n) is 20.9. The average Bonchev–Trinajstić information content (AvgIpc) is 3.60. The quantitative estimate of drug-likeness (QED) is 0.0766. The monoisotopic (exact) mass is 852 g/mol. The minimum Gasteiger partial charge on any atom is -0.497 e. The van der Waals surface area contributed by atoms with Gasteiger partial charge in [-0.25, -0.2) is 4.79 Å². The summed E-state index contributed by atoms with van der Waals surface area (Å²) < 4.78 is 46.6. The fraction of sp³-hybridized carbons (Fsp3) is 0.302. The van der Waals surface area contributed by atoms with E-state index in [1.54, 1.807) is 35.0 Å². The van der Waals surface area contributed by atoms with Gasteiger partial charge in [0.1, 0.15) is 28.6 Å². The molecule has 6 aromatic rings. The summed E-state index contributed by atoms with van der Waals surface area (Å²) in [6.07, 6.45) is -0.839. The van der Waals surface area contributed by atoms with Crippen LogP contribution in [0.4, 0.5) is 4.79 Å². The number of rotatable bonds is 10. The topological polar surface area (TPSA) is 81.7 Å². The minimum atomic E-state index is -2.27. The summed E-state index contributed by atoms with van der Waals surface area (Å²) >= 11 is 0. The van der Waals surface area contributed by atoms with Crippen LogP contribution in [0.25, 0.3) is 11.1 Å². The molecule has 0 N–H and O–H groups in total. The summed E-state index contributed by atoms with van der Waals surface area (Å²) in [4.78, 5) is 13.7. The van der Waals surface area contributed by atoms with E-state index in [9.17, 15) is 4.79 Å². The molecule has 62 heavy (non-hydrogen) atoms. The van der Waals surface area contributed by atoms with Gasteiger partial charge in [0.25, 0.3) is 0 Å². The highest BCUT2D eigenvalue weighted by Gasteiger charge is 2.67. The molecule has 8 nitrogen and oxygen atoms in total. The standard InChI is InChI=1S/C53H57O8P/c1-49(2,3)44-34-40(55-10)32-42(46(44)57-48(54)58-51(7,8)9)43-33-41(56-11)35-45(50(4,5)6)47(43)59-62-60-52(36-24-16-12-17-25-36,37-26-18-13-19-27-37)53(61-62,38-28-20-14-21-29-38)39-30-22-15-23-31-39/h12-35H,1-11H3. The van der Waals surface area contributed by atoms with Crippen molar-refractivity contribution in [2.75, 3.05) is 14.2 Å². The van der Waals surface area contributed by atoms with E-state index >= 15 is 0 Å². The van der Waals surface area contributed by atoms with Crippen LogP contribution in [0.3, 0.4) is 0 Å². The third-order valence-corrected chi connectivity index (χ3v) is 12.1. The van der Waals surface area contributed by atoms with Crippen molar-refractivity contribution in [3.63, 3.8) is 0 Å². The third-order valence-electron chi connectivity index (χ3n) is 10.9. The molecule has 6 aromatic carbocycles. The van der Waals surface area contributed by atoms with Crippen molar-refractivity contribution in [3.05, 3.63) is 179 Å². The van der Waals surface area contributed by atoms with Gasteiger partial charge in [0.05, 0.1) is 14.2 Å². The van der Waals surface area contributed by atoms with Gasteiger partial charge in [-0.1, -0.05) is 163 Å². The Labute approximate surface area is 368 Å². The summed E-state index contributed by atoms with van der Waals surface area (Å²) in [6.45, 7) is 17.9. The molecule has 0 amide bonds. The predicted molar refractivity (Wildman–Crippen MR) is 246 cm³/mol. The summed E-state index contributed by atoms with van der Waals surface area (Å²) in [7, 11) is 0.982. The Morgan fingerprint density at radius 2 is 0.839 bits per heavy atom. The van der Waals surface area contributed by atoms with E-state index in [-0.39, 0.29) is 0 Å². The number of carbonyl (C=O) groups excluding carboxylic acids is 1. The van der Waals surface area contributed by atoms with Gasteiger partial charge < -0.3 is 23.5 Å². The van der Waals surface area contributed by atoms with Crippen LogP contribution in [0.2, 0.25) is 0 Å². The third kappa shape index (κ3) is 8.57. The van der Waals surface area contributed by atoms with E-state index in [1.807, 2.05) is 97.1 Å². The minimum absolute atomic E-state index is 0.303. The van der Waals surface area contributed by atoms with E-state index in [0.29, 0.717) is 34.1 Å². The number of ether oxygens (including phenoxy) is 4. The van der Waals surface area contributed by atoms with Crippen LogP contribution in [0.1, 0.15) is 95.7 Å². The van der Waals surface area contributed by atoms with Gasteiger partial charge in [0.2, 0.25) is 0 Å². The second-order valence-electron chi connectivity index (χ2n) is 18.5. The summed E-state index contributed by atoms with van der Waals surface area (Å²) in [5, 5.41) is 0. The summed E-state index contributed by atoms with van der Waals surface area (Å²) in [5.41, 5.74) is 1.83. The number of hydrogen-bond acceptors (Lipinski definition) is 8. The van der Waals surface area contributed by atoms with Crippen molar-refractivity contribution >= 4 is 14.8 Å². The zero-order chi connectivity index (χ0) is 44.5. The van der Waals surface area contributed by atoms with E-state index in [2.05, 4.69) is 90.1 Å². The van der Waals surface area contributed by atoms with Crippen molar-refractivity contribution < 1.29 is 37.3 Å². The number of carbonyl (C=O) groups is 1. The van der Waals surface area contributed by atoms with Crippen LogP contribution in [0, 0.1) is 0 Å². The molecule has 1 aliphatic rings. The van der Waals surface area contributed by atoms with Crippen LogP contribution in [0.5, 0.6) is 23.0 Å². The van der Waals surface area contributed by atoms with Gasteiger partial charge in [0, 0.05) is 22.3 Å². The van der Waals surface area contributed by atoms with Crippen LogP contribution in [0.15, 0.2) is 146 Å². The Morgan fingerprint density at radius 3 is 1.16 bits per heavy atom. The molecule has 322 valence electrons. The Morgan fingerprint density at radius 1 is 0.500 bits per heavy atom. The SMILES string of the molecule is COc1cc(-c2cc(OC)cc(C(C)(C)C)c2OP2OC(c3ccccc3)(c3ccccc3)C(c3ccccc3)(c3ccccc3)O2)c(OC(=O)OC(C)(C)C)c(C(C)(C)C)c1. The maximum Gasteiger partial charge on any atom is 0.514 e. The van der Waals surface area contributed by atoms with Gasteiger partial charge in [-0.3, -0.25) is 9.05 Å². The lowest BCUT2D eigenvalue weighted by molar-refractivity contribution is 0.00370. The van der Waals surface area contributed by atoms with E-state index in [1.165, 1.54) is 0 Å². The predicted octanol–water partition coefficient (Wildman–Crippen LogP) is 13.8. The lowest BCUT2D eigenvalue weighted by Crippen LogP contribution is -2.48. The number of benzene rings is 6. The van der Waals surface area contributed by atoms with Gasteiger partial charge in [-0.2, -0.15) is 0 Å². The molecule has 0 aromatic heterocycles. The van der Waals surface area contributed by atoms with Crippen molar-refractivity contribution in [3.8, 4) is 34.1 Å². The van der Waals surface area contributed by atoms with Gasteiger partial charge >= 0.3 is 14.8 Å². The first-order chi connectivity index (χ1) is 29.4. The summed E-state index contributed by atoms with van der Waals surface area (Å²) in [6, 6.07) is 48.4. The molecule has 0 saturated carbocycles. The normalized spacial score (nSPS) is 15.1. The molecule has 1 saturated heterocycles. The van der Waals surface area contributed by atoms with E-state index < -0.39 is 42.4 Å².